The van der Waals surface area contributed by atoms with Crippen LogP contribution in [0.2, 0.25) is 5.02 Å². The molecule has 2 aromatic heterocycles. The summed E-state index contributed by atoms with van der Waals surface area (Å²) in [6.07, 6.45) is 0. The number of halogens is 1. The largest absolute Gasteiger partial charge is 0.493 e. The third-order valence-corrected chi connectivity index (χ3v) is 5.31. The second-order valence-corrected chi connectivity index (χ2v) is 7.86. The normalized spacial score (nSPS) is 10.7. The van der Waals surface area contributed by atoms with E-state index in [1.165, 1.54) is 0 Å². The number of carbonyl (C=O) groups is 1. The summed E-state index contributed by atoms with van der Waals surface area (Å²) in [4.78, 5) is 12.1. The molecule has 0 saturated heterocycles. The summed E-state index contributed by atoms with van der Waals surface area (Å²) >= 11 is 6.08. The molecule has 0 aliphatic heterocycles. The Kier molecular flexibility index (Phi) is 7.51. The molecule has 1 amide bonds. The smallest absolute Gasteiger partial charge is 0.258 e. The molecule has 0 aliphatic carbocycles. The van der Waals surface area contributed by atoms with Crippen molar-refractivity contribution in [3.8, 4) is 34.5 Å². The predicted molar refractivity (Wildman–Crippen MR) is 130 cm³/mol. The lowest BCUT2D eigenvalue weighted by Crippen LogP contribution is -2.32. The van der Waals surface area contributed by atoms with Gasteiger partial charge in [-0.1, -0.05) is 17.7 Å². The van der Waals surface area contributed by atoms with Crippen LogP contribution in [0.25, 0.3) is 17.0 Å². The van der Waals surface area contributed by atoms with E-state index in [1.807, 2.05) is 19.1 Å². The van der Waals surface area contributed by atoms with E-state index >= 15 is 0 Å². The highest BCUT2D eigenvalue weighted by Crippen LogP contribution is 2.31. The first kappa shape index (κ1) is 24.1. The Hall–Kier alpha value is -4.05. The van der Waals surface area contributed by atoms with Crippen LogP contribution >= 0.6 is 11.6 Å². The number of ether oxygens (including phenoxy) is 4. The van der Waals surface area contributed by atoms with Gasteiger partial charge in [0, 0.05) is 11.6 Å². The zero-order valence-corrected chi connectivity index (χ0v) is 20.2. The Morgan fingerprint density at radius 3 is 2.60 bits per heavy atom. The van der Waals surface area contributed by atoms with Crippen molar-refractivity contribution in [2.24, 2.45) is 0 Å². The van der Waals surface area contributed by atoms with Gasteiger partial charge in [0.25, 0.3) is 5.91 Å². The van der Waals surface area contributed by atoms with E-state index in [2.05, 4.69) is 20.6 Å². The number of aromatic nitrogens is 4. The topological polar surface area (TPSA) is 109 Å². The maximum atomic E-state index is 12.1. The number of hydrogen-bond acceptors (Lipinski definition) is 8. The summed E-state index contributed by atoms with van der Waals surface area (Å²) in [5.41, 5.74) is 2.30. The van der Waals surface area contributed by atoms with Crippen molar-refractivity contribution in [3.05, 3.63) is 59.1 Å². The van der Waals surface area contributed by atoms with Gasteiger partial charge in [-0.25, -0.2) is 0 Å². The molecule has 1 N–H and O–H groups in total. The molecule has 4 rings (SSSR count). The van der Waals surface area contributed by atoms with Crippen LogP contribution in [-0.2, 0) is 4.79 Å². The minimum atomic E-state index is -0.288. The minimum absolute atomic E-state index is 0.150. The molecule has 0 radical (unpaired) electrons. The molecule has 182 valence electrons. The SMILES string of the molecule is COc1ccc(-c2nnc3ccc(OCCNC(=O)COc4cc(C)ccc4Cl)nn23)cc1OC. The average Bonchev–Trinajstić information content (AvgIpc) is 3.30. The summed E-state index contributed by atoms with van der Waals surface area (Å²) < 4.78 is 23.4. The number of rotatable bonds is 10. The molecule has 0 atom stereocenters. The zero-order valence-electron chi connectivity index (χ0n) is 19.4. The fraction of sp³-hybridized carbons (Fsp3) is 0.250. The lowest BCUT2D eigenvalue weighted by atomic mass is 10.2. The second-order valence-electron chi connectivity index (χ2n) is 7.46. The monoisotopic (exact) mass is 497 g/mol. The van der Waals surface area contributed by atoms with Crippen molar-refractivity contribution < 1.29 is 23.7 Å². The molecule has 0 fully saturated rings. The summed E-state index contributed by atoms with van der Waals surface area (Å²) in [7, 11) is 3.14. The second kappa shape index (κ2) is 10.9. The summed E-state index contributed by atoms with van der Waals surface area (Å²) in [5.74, 6) is 2.23. The number of nitrogens with one attached hydrogen (secondary N) is 1. The maximum absolute atomic E-state index is 12.1. The van der Waals surface area contributed by atoms with E-state index in [9.17, 15) is 4.79 Å². The Morgan fingerprint density at radius 1 is 0.971 bits per heavy atom. The molecule has 0 saturated carbocycles. The van der Waals surface area contributed by atoms with E-state index in [0.717, 1.165) is 11.1 Å². The van der Waals surface area contributed by atoms with Gasteiger partial charge in [-0.05, 0) is 48.9 Å². The Bertz CT molecular complexity index is 1340. The highest BCUT2D eigenvalue weighted by molar-refractivity contribution is 6.32. The molecule has 4 aromatic rings. The van der Waals surface area contributed by atoms with Crippen molar-refractivity contribution in [1.82, 2.24) is 25.1 Å². The quantitative estimate of drug-likeness (QED) is 0.332. The van der Waals surface area contributed by atoms with Gasteiger partial charge in [-0.15, -0.1) is 15.3 Å². The average molecular weight is 498 g/mol. The first-order valence-electron chi connectivity index (χ1n) is 10.7. The standard InChI is InChI=1S/C24H24ClN5O5/c1-15-4-6-17(25)19(12-15)35-14-22(31)26-10-11-34-23-9-8-21-27-28-24(30(21)29-23)16-5-7-18(32-2)20(13-16)33-3/h4-9,12-13H,10-11,14H2,1-3H3,(H,26,31). The first-order valence-corrected chi connectivity index (χ1v) is 11.1. The van der Waals surface area contributed by atoms with Crippen molar-refractivity contribution in [2.45, 2.75) is 6.92 Å². The predicted octanol–water partition coefficient (Wildman–Crippen LogP) is 3.34. The van der Waals surface area contributed by atoms with E-state index in [4.69, 9.17) is 30.5 Å². The molecule has 0 bridgehead atoms. The van der Waals surface area contributed by atoms with E-state index in [-0.39, 0.29) is 25.7 Å². The van der Waals surface area contributed by atoms with Crippen LogP contribution < -0.4 is 24.3 Å². The molecule has 2 heterocycles. The van der Waals surface area contributed by atoms with Crippen molar-refractivity contribution in [3.63, 3.8) is 0 Å². The Balaban J connectivity index is 1.34. The molecular formula is C24H24ClN5O5. The van der Waals surface area contributed by atoms with E-state index in [0.29, 0.717) is 39.6 Å². The molecule has 0 unspecified atom stereocenters. The highest BCUT2D eigenvalue weighted by atomic mass is 35.5. The van der Waals surface area contributed by atoms with Crippen molar-refractivity contribution >= 4 is 23.2 Å². The maximum Gasteiger partial charge on any atom is 0.258 e. The number of benzene rings is 2. The molecule has 2 aromatic carbocycles. The van der Waals surface area contributed by atoms with Crippen LogP contribution in [-0.4, -0.2) is 59.7 Å². The zero-order chi connectivity index (χ0) is 24.8. The van der Waals surface area contributed by atoms with Crippen LogP contribution in [0.1, 0.15) is 5.56 Å². The van der Waals surface area contributed by atoms with Gasteiger partial charge in [0.15, 0.2) is 29.6 Å². The molecule has 11 heteroatoms. The molecule has 35 heavy (non-hydrogen) atoms. The van der Waals surface area contributed by atoms with Crippen molar-refractivity contribution in [1.29, 1.82) is 0 Å². The van der Waals surface area contributed by atoms with Gasteiger partial charge in [0.2, 0.25) is 5.88 Å². The molecular weight excluding hydrogens is 474 g/mol. The van der Waals surface area contributed by atoms with Gasteiger partial charge >= 0.3 is 0 Å². The van der Waals surface area contributed by atoms with Gasteiger partial charge < -0.3 is 24.3 Å². The first-order chi connectivity index (χ1) is 17.0. The fourth-order valence-electron chi connectivity index (χ4n) is 3.27. The number of aryl methyl sites for hydroxylation is 1. The third kappa shape index (κ3) is 5.72. The highest BCUT2D eigenvalue weighted by Gasteiger charge is 2.14. The van der Waals surface area contributed by atoms with Crippen molar-refractivity contribution in [2.75, 3.05) is 34.0 Å². The fourth-order valence-corrected chi connectivity index (χ4v) is 3.44. The molecule has 10 nitrogen and oxygen atoms in total. The number of nitrogens with zero attached hydrogens (tertiary/aromatic N) is 4. The van der Waals surface area contributed by atoms with E-state index < -0.39 is 0 Å². The number of carbonyl (C=O) groups excluding carboxylic acids is 1. The van der Waals surface area contributed by atoms with Gasteiger partial charge in [-0.3, -0.25) is 4.79 Å². The number of fused-ring (bicyclic) bond motifs is 1. The van der Waals surface area contributed by atoms with Gasteiger partial charge in [0.05, 0.1) is 25.8 Å². The number of hydrogen-bond donors (Lipinski definition) is 1. The van der Waals surface area contributed by atoms with Gasteiger partial charge in [0.1, 0.15) is 12.4 Å². The van der Waals surface area contributed by atoms with Gasteiger partial charge in [-0.2, -0.15) is 4.52 Å². The van der Waals surface area contributed by atoms with Crippen LogP contribution in [0, 0.1) is 6.92 Å². The van der Waals surface area contributed by atoms with Crippen LogP contribution in [0.3, 0.4) is 0 Å². The van der Waals surface area contributed by atoms with Crippen LogP contribution in [0.15, 0.2) is 48.5 Å². The lowest BCUT2D eigenvalue weighted by molar-refractivity contribution is -0.123. The Morgan fingerprint density at radius 2 is 1.80 bits per heavy atom. The Labute approximate surface area is 206 Å². The lowest BCUT2D eigenvalue weighted by Gasteiger charge is -2.10. The third-order valence-electron chi connectivity index (χ3n) is 5.00. The van der Waals surface area contributed by atoms with Crippen LogP contribution in [0.4, 0.5) is 0 Å². The summed E-state index contributed by atoms with van der Waals surface area (Å²) in [6.45, 7) is 2.25. The summed E-state index contributed by atoms with van der Waals surface area (Å²) in [5, 5.41) is 16.0. The van der Waals surface area contributed by atoms with E-state index in [1.54, 1.807) is 55.1 Å². The van der Waals surface area contributed by atoms with Crippen LogP contribution in [0.5, 0.6) is 23.1 Å². The summed E-state index contributed by atoms with van der Waals surface area (Å²) in [6, 6.07) is 14.2. The minimum Gasteiger partial charge on any atom is -0.493 e. The number of amides is 1. The number of methoxy groups -OCH3 is 2. The molecule has 0 spiro atoms. The molecule has 0 aliphatic rings.